The highest BCUT2D eigenvalue weighted by molar-refractivity contribution is 5.89. The lowest BCUT2D eigenvalue weighted by Gasteiger charge is -2.28. The lowest BCUT2D eigenvalue weighted by atomic mass is 9.88. The predicted molar refractivity (Wildman–Crippen MR) is 88.1 cm³/mol. The number of hydrogen-bond donors (Lipinski definition) is 2. The number of ether oxygens (including phenoxy) is 1. The van der Waals surface area contributed by atoms with Gasteiger partial charge in [0, 0.05) is 0 Å². The Labute approximate surface area is 135 Å². The van der Waals surface area contributed by atoms with E-state index in [0.717, 1.165) is 5.56 Å². The number of aliphatic hydroxyl groups excluding tert-OH is 2. The molecule has 2 N–H and O–H groups in total. The molecule has 2 aromatic rings. The smallest absolute Gasteiger partial charge is 0.338 e. The van der Waals surface area contributed by atoms with Crippen molar-refractivity contribution in [3.05, 3.63) is 84.4 Å². The van der Waals surface area contributed by atoms with Crippen LogP contribution in [-0.2, 0) is 4.74 Å². The van der Waals surface area contributed by atoms with Gasteiger partial charge in [-0.25, -0.2) is 4.79 Å². The average molecular weight is 312 g/mol. The maximum Gasteiger partial charge on any atom is 0.338 e. The van der Waals surface area contributed by atoms with Gasteiger partial charge in [0.2, 0.25) is 0 Å². The second kappa shape index (κ2) is 8.27. The second-order valence-electron chi connectivity index (χ2n) is 5.16. The molecule has 0 fully saturated rings. The van der Waals surface area contributed by atoms with Crippen LogP contribution >= 0.6 is 0 Å². The molecule has 0 saturated carbocycles. The second-order valence-corrected chi connectivity index (χ2v) is 5.16. The normalized spacial score (nSPS) is 14.5. The van der Waals surface area contributed by atoms with E-state index in [2.05, 4.69) is 6.58 Å². The molecule has 0 aliphatic carbocycles. The van der Waals surface area contributed by atoms with Gasteiger partial charge in [-0.05, 0) is 17.7 Å². The zero-order valence-electron chi connectivity index (χ0n) is 12.7. The van der Waals surface area contributed by atoms with Gasteiger partial charge in [-0.2, -0.15) is 0 Å². The Morgan fingerprint density at radius 2 is 1.65 bits per heavy atom. The van der Waals surface area contributed by atoms with Crippen molar-refractivity contribution in [1.29, 1.82) is 0 Å². The number of carbonyl (C=O) groups excluding carboxylic acids is 1. The molecule has 0 aliphatic heterocycles. The molecule has 2 rings (SSSR count). The fraction of sp³-hybridized carbons (Fsp3) is 0.211. The van der Waals surface area contributed by atoms with Crippen LogP contribution in [0.2, 0.25) is 0 Å². The van der Waals surface area contributed by atoms with E-state index in [1.165, 1.54) is 6.08 Å². The van der Waals surface area contributed by atoms with Gasteiger partial charge in [-0.15, -0.1) is 0 Å². The van der Waals surface area contributed by atoms with E-state index in [1.807, 2.05) is 36.4 Å². The number of rotatable bonds is 7. The summed E-state index contributed by atoms with van der Waals surface area (Å²) in [5.74, 6) is -1.09. The van der Waals surface area contributed by atoms with Crippen molar-refractivity contribution in [3.63, 3.8) is 0 Å². The van der Waals surface area contributed by atoms with Gasteiger partial charge in [0.05, 0.1) is 24.2 Å². The zero-order chi connectivity index (χ0) is 16.7. The van der Waals surface area contributed by atoms with Crippen molar-refractivity contribution in [2.24, 2.45) is 0 Å². The molecule has 0 unspecified atom stereocenters. The lowest BCUT2D eigenvalue weighted by Crippen LogP contribution is -2.34. The first-order valence-electron chi connectivity index (χ1n) is 7.39. The van der Waals surface area contributed by atoms with Crippen molar-refractivity contribution < 1.29 is 19.7 Å². The minimum atomic E-state index is -1.07. The number of hydrogen-bond acceptors (Lipinski definition) is 4. The molecule has 0 bridgehead atoms. The molecule has 0 heterocycles. The van der Waals surface area contributed by atoms with Crippen molar-refractivity contribution in [2.75, 3.05) is 6.61 Å². The minimum absolute atomic E-state index is 0.421. The van der Waals surface area contributed by atoms with E-state index in [4.69, 9.17) is 4.74 Å². The van der Waals surface area contributed by atoms with Gasteiger partial charge < -0.3 is 14.9 Å². The van der Waals surface area contributed by atoms with E-state index < -0.39 is 30.7 Å². The molecule has 3 atom stereocenters. The molecule has 120 valence electrons. The van der Waals surface area contributed by atoms with Crippen LogP contribution in [0.5, 0.6) is 0 Å². The Morgan fingerprint density at radius 3 is 2.17 bits per heavy atom. The number of esters is 1. The zero-order valence-corrected chi connectivity index (χ0v) is 12.7. The molecule has 0 aliphatic rings. The third kappa shape index (κ3) is 4.28. The summed E-state index contributed by atoms with van der Waals surface area (Å²) in [6.45, 7) is 3.26. The molecular weight excluding hydrogens is 292 g/mol. The van der Waals surface area contributed by atoms with Crippen LogP contribution in [0.3, 0.4) is 0 Å². The van der Waals surface area contributed by atoms with Crippen molar-refractivity contribution >= 4 is 5.97 Å². The molecule has 0 amide bonds. The fourth-order valence-electron chi connectivity index (χ4n) is 2.45. The molecule has 0 aromatic heterocycles. The van der Waals surface area contributed by atoms with Crippen LogP contribution < -0.4 is 0 Å². The Bertz CT molecular complexity index is 624. The topological polar surface area (TPSA) is 66.8 Å². The Morgan fingerprint density at radius 1 is 1.09 bits per heavy atom. The highest BCUT2D eigenvalue weighted by atomic mass is 16.5. The highest BCUT2D eigenvalue weighted by Gasteiger charge is 2.30. The van der Waals surface area contributed by atoms with E-state index in [1.54, 1.807) is 24.3 Å². The Kier molecular flexibility index (Phi) is 6.09. The number of aliphatic hydroxyl groups is 2. The van der Waals surface area contributed by atoms with Gasteiger partial charge in [-0.3, -0.25) is 0 Å². The summed E-state index contributed by atoms with van der Waals surface area (Å²) in [5, 5.41) is 19.5. The van der Waals surface area contributed by atoms with Gasteiger partial charge in [0.25, 0.3) is 0 Å². The van der Waals surface area contributed by atoms with Gasteiger partial charge in [-0.1, -0.05) is 61.2 Å². The molecule has 4 nitrogen and oxygen atoms in total. The SMILES string of the molecule is C=C[C@@H](OC(=O)c1ccccc1)[C@H](c1ccccc1)[C@H](O)CO. The van der Waals surface area contributed by atoms with Crippen molar-refractivity contribution in [2.45, 2.75) is 18.1 Å². The van der Waals surface area contributed by atoms with Crippen LogP contribution in [0.4, 0.5) is 0 Å². The summed E-state index contributed by atoms with van der Waals surface area (Å²) in [6, 6.07) is 17.7. The highest BCUT2D eigenvalue weighted by Crippen LogP contribution is 2.27. The lowest BCUT2D eigenvalue weighted by molar-refractivity contribution is 0.00449. The molecule has 2 aromatic carbocycles. The fourth-order valence-corrected chi connectivity index (χ4v) is 2.45. The Hall–Kier alpha value is -2.43. The Balaban J connectivity index is 2.24. The van der Waals surface area contributed by atoms with Crippen LogP contribution in [0.1, 0.15) is 21.8 Å². The first-order chi connectivity index (χ1) is 11.2. The van der Waals surface area contributed by atoms with Crippen LogP contribution in [-0.4, -0.2) is 35.0 Å². The van der Waals surface area contributed by atoms with E-state index in [-0.39, 0.29) is 0 Å². The summed E-state index contributed by atoms with van der Waals surface area (Å²) >= 11 is 0. The van der Waals surface area contributed by atoms with Gasteiger partial charge in [0.1, 0.15) is 6.10 Å². The molecule has 0 spiro atoms. The molecular formula is C19H20O4. The van der Waals surface area contributed by atoms with Gasteiger partial charge in [0.15, 0.2) is 0 Å². The first-order valence-corrected chi connectivity index (χ1v) is 7.39. The largest absolute Gasteiger partial charge is 0.454 e. The first kappa shape index (κ1) is 16.9. The minimum Gasteiger partial charge on any atom is -0.454 e. The summed E-state index contributed by atoms with van der Waals surface area (Å²) in [4.78, 5) is 12.2. The third-order valence-electron chi connectivity index (χ3n) is 3.62. The van der Waals surface area contributed by atoms with Gasteiger partial charge >= 0.3 is 5.97 Å². The molecule has 0 radical (unpaired) electrons. The van der Waals surface area contributed by atoms with Crippen LogP contribution in [0.15, 0.2) is 73.3 Å². The average Bonchev–Trinajstić information content (AvgIpc) is 2.62. The molecule has 0 saturated heterocycles. The maximum atomic E-state index is 12.2. The van der Waals surface area contributed by atoms with E-state index in [0.29, 0.717) is 5.56 Å². The monoisotopic (exact) mass is 312 g/mol. The summed E-state index contributed by atoms with van der Waals surface area (Å²) < 4.78 is 5.50. The van der Waals surface area contributed by atoms with Crippen LogP contribution in [0, 0.1) is 0 Å². The third-order valence-corrected chi connectivity index (χ3v) is 3.62. The van der Waals surface area contributed by atoms with E-state index in [9.17, 15) is 15.0 Å². The summed E-state index contributed by atoms with van der Waals surface area (Å²) in [5.41, 5.74) is 1.18. The van der Waals surface area contributed by atoms with Crippen molar-refractivity contribution in [3.8, 4) is 0 Å². The summed E-state index contributed by atoms with van der Waals surface area (Å²) in [7, 11) is 0. The quantitative estimate of drug-likeness (QED) is 0.609. The standard InChI is InChI=1S/C19H20O4/c1-2-17(23-19(22)15-11-7-4-8-12-15)18(16(21)13-20)14-9-5-3-6-10-14/h2-12,16-18,20-21H,1,13H2/t16-,17-,18-/m1/s1. The van der Waals surface area contributed by atoms with E-state index >= 15 is 0 Å². The summed E-state index contributed by atoms with van der Waals surface area (Å²) in [6.07, 6.45) is -0.353. The van der Waals surface area contributed by atoms with Crippen LogP contribution in [0.25, 0.3) is 0 Å². The number of carbonyl (C=O) groups is 1. The molecule has 23 heavy (non-hydrogen) atoms. The maximum absolute atomic E-state index is 12.2. The number of benzene rings is 2. The van der Waals surface area contributed by atoms with Crippen molar-refractivity contribution in [1.82, 2.24) is 0 Å². The predicted octanol–water partition coefficient (Wildman–Crippen LogP) is 2.54. The molecule has 4 heteroatoms.